The first-order valence-electron chi connectivity index (χ1n) is 5.50. The maximum atomic E-state index is 12.7. The van der Waals surface area contributed by atoms with E-state index in [-0.39, 0.29) is 18.4 Å². The number of alkyl halides is 3. The third-order valence-electron chi connectivity index (χ3n) is 3.07. The lowest BCUT2D eigenvalue weighted by Gasteiger charge is -2.20. The van der Waals surface area contributed by atoms with Gasteiger partial charge in [-0.2, -0.15) is 13.2 Å². The van der Waals surface area contributed by atoms with Gasteiger partial charge in [0.25, 0.3) is 11.6 Å². The molecule has 1 amide bonds. The summed E-state index contributed by atoms with van der Waals surface area (Å²) in [5, 5.41) is 12.0. The molecule has 0 heterocycles. The Labute approximate surface area is 115 Å². The van der Waals surface area contributed by atoms with Crippen LogP contribution >= 0.6 is 11.6 Å². The number of halogens is 4. The van der Waals surface area contributed by atoms with Gasteiger partial charge in [0.1, 0.15) is 10.6 Å². The Kier molecular flexibility index (Phi) is 3.37. The summed E-state index contributed by atoms with van der Waals surface area (Å²) in [5.41, 5.74) is -3.12. The minimum absolute atomic E-state index is 0.214. The number of nitrogens with one attached hydrogen (secondary N) is 1. The molecule has 1 saturated carbocycles. The van der Waals surface area contributed by atoms with Crippen molar-refractivity contribution in [3.05, 3.63) is 38.9 Å². The van der Waals surface area contributed by atoms with Crippen LogP contribution in [0.3, 0.4) is 0 Å². The second-order valence-corrected chi connectivity index (χ2v) is 4.81. The van der Waals surface area contributed by atoms with Crippen molar-refractivity contribution in [3.8, 4) is 0 Å². The minimum atomic E-state index is -4.56. The van der Waals surface area contributed by atoms with Gasteiger partial charge in [-0.25, -0.2) is 0 Å². The first-order chi connectivity index (χ1) is 9.18. The first kappa shape index (κ1) is 14.6. The molecule has 0 radical (unpaired) electrons. The lowest BCUT2D eigenvalue weighted by Crippen LogP contribution is -2.47. The molecular formula is C11H8ClF3N2O3. The molecule has 0 atom stereocenters. The Morgan fingerprint density at radius 2 is 2.00 bits per heavy atom. The van der Waals surface area contributed by atoms with Crippen LogP contribution in [0.5, 0.6) is 0 Å². The van der Waals surface area contributed by atoms with Crippen LogP contribution in [0.25, 0.3) is 0 Å². The molecule has 20 heavy (non-hydrogen) atoms. The SMILES string of the molecule is O=C(NC1(C(F)(F)F)CC1)c1cccc([N+](=O)[O-])c1Cl. The fraction of sp³-hybridized carbons (Fsp3) is 0.364. The van der Waals surface area contributed by atoms with E-state index >= 15 is 0 Å². The number of nitro groups is 1. The Hall–Kier alpha value is -1.83. The fourth-order valence-corrected chi connectivity index (χ4v) is 2.01. The lowest BCUT2D eigenvalue weighted by molar-refractivity contribution is -0.384. The Morgan fingerprint density at radius 3 is 2.45 bits per heavy atom. The molecule has 1 aromatic rings. The van der Waals surface area contributed by atoms with Gasteiger partial charge in [0.15, 0.2) is 0 Å². The van der Waals surface area contributed by atoms with E-state index in [1.165, 1.54) is 6.07 Å². The highest BCUT2D eigenvalue weighted by Gasteiger charge is 2.64. The number of amides is 1. The summed E-state index contributed by atoms with van der Waals surface area (Å²) in [5.74, 6) is -1.08. The first-order valence-corrected chi connectivity index (χ1v) is 5.88. The molecule has 0 bridgehead atoms. The van der Waals surface area contributed by atoms with Gasteiger partial charge in [-0.15, -0.1) is 0 Å². The second kappa shape index (κ2) is 4.62. The van der Waals surface area contributed by atoms with Crippen LogP contribution in [-0.4, -0.2) is 22.5 Å². The average Bonchev–Trinajstić information content (AvgIpc) is 3.09. The molecule has 0 aliphatic heterocycles. The number of hydrogen-bond acceptors (Lipinski definition) is 3. The van der Waals surface area contributed by atoms with Gasteiger partial charge in [0, 0.05) is 6.07 Å². The summed E-state index contributed by atoms with van der Waals surface area (Å²) >= 11 is 5.68. The number of hydrogen-bond donors (Lipinski definition) is 1. The Morgan fingerprint density at radius 1 is 1.40 bits per heavy atom. The largest absolute Gasteiger partial charge is 0.411 e. The second-order valence-electron chi connectivity index (χ2n) is 4.43. The van der Waals surface area contributed by atoms with Crippen LogP contribution < -0.4 is 5.32 Å². The van der Waals surface area contributed by atoms with Crippen LogP contribution in [0.1, 0.15) is 23.2 Å². The quantitative estimate of drug-likeness (QED) is 0.689. The molecule has 1 aliphatic rings. The maximum absolute atomic E-state index is 12.7. The van der Waals surface area contributed by atoms with Crippen molar-refractivity contribution in [1.29, 1.82) is 0 Å². The summed E-state index contributed by atoms with van der Waals surface area (Å²) in [6.45, 7) is 0. The molecule has 1 aromatic carbocycles. The minimum Gasteiger partial charge on any atom is -0.338 e. The Balaban J connectivity index is 2.28. The van der Waals surface area contributed by atoms with E-state index in [1.54, 1.807) is 0 Å². The van der Waals surface area contributed by atoms with E-state index in [0.717, 1.165) is 12.1 Å². The highest BCUT2D eigenvalue weighted by atomic mass is 35.5. The molecule has 108 valence electrons. The van der Waals surface area contributed by atoms with Crippen LogP contribution in [0.4, 0.5) is 18.9 Å². The highest BCUT2D eigenvalue weighted by molar-refractivity contribution is 6.35. The third-order valence-corrected chi connectivity index (χ3v) is 3.46. The van der Waals surface area contributed by atoms with Gasteiger partial charge in [-0.05, 0) is 18.9 Å². The van der Waals surface area contributed by atoms with Crippen molar-refractivity contribution >= 4 is 23.2 Å². The standard InChI is InChI=1S/C11H8ClF3N2O3/c12-8-6(2-1-3-7(8)17(19)20)9(18)16-10(4-5-10)11(13,14)15/h1-3H,4-5H2,(H,16,18). The van der Waals surface area contributed by atoms with Crippen molar-refractivity contribution < 1.29 is 22.9 Å². The monoisotopic (exact) mass is 308 g/mol. The van der Waals surface area contributed by atoms with Crippen molar-refractivity contribution in [1.82, 2.24) is 5.32 Å². The predicted molar refractivity (Wildman–Crippen MR) is 63.6 cm³/mol. The summed E-state index contributed by atoms with van der Waals surface area (Å²) in [7, 11) is 0. The number of carbonyl (C=O) groups excluding carboxylic acids is 1. The van der Waals surface area contributed by atoms with E-state index in [4.69, 9.17) is 11.6 Å². The van der Waals surface area contributed by atoms with E-state index in [0.29, 0.717) is 0 Å². The number of nitro benzene ring substituents is 1. The van der Waals surface area contributed by atoms with Crippen molar-refractivity contribution in [2.75, 3.05) is 0 Å². The molecule has 0 unspecified atom stereocenters. The molecule has 0 spiro atoms. The van der Waals surface area contributed by atoms with Crippen LogP contribution in [0.15, 0.2) is 18.2 Å². The van der Waals surface area contributed by atoms with E-state index in [2.05, 4.69) is 0 Å². The normalized spacial score (nSPS) is 16.6. The molecule has 2 rings (SSSR count). The van der Waals surface area contributed by atoms with Gasteiger partial charge < -0.3 is 5.32 Å². The highest BCUT2D eigenvalue weighted by Crippen LogP contribution is 2.49. The van der Waals surface area contributed by atoms with Crippen molar-refractivity contribution in [2.45, 2.75) is 24.6 Å². The van der Waals surface area contributed by atoms with E-state index in [1.807, 2.05) is 5.32 Å². The molecule has 1 fully saturated rings. The number of rotatable bonds is 3. The topological polar surface area (TPSA) is 72.2 Å². The number of nitrogens with zero attached hydrogens (tertiary/aromatic N) is 1. The van der Waals surface area contributed by atoms with E-state index < -0.39 is 33.3 Å². The van der Waals surface area contributed by atoms with Crippen LogP contribution in [0, 0.1) is 10.1 Å². The summed E-state index contributed by atoms with van der Waals surface area (Å²) < 4.78 is 38.2. The Bertz CT molecular complexity index is 585. The fourth-order valence-electron chi connectivity index (χ4n) is 1.73. The zero-order chi connectivity index (χ0) is 15.1. The molecule has 0 aromatic heterocycles. The molecule has 5 nitrogen and oxygen atoms in total. The summed E-state index contributed by atoms with van der Waals surface area (Å²) in [6, 6.07) is 3.39. The van der Waals surface area contributed by atoms with Gasteiger partial charge in [0.05, 0.1) is 10.5 Å². The smallest absolute Gasteiger partial charge is 0.338 e. The predicted octanol–water partition coefficient (Wildman–Crippen LogP) is 3.07. The third kappa shape index (κ3) is 2.43. The van der Waals surface area contributed by atoms with E-state index in [9.17, 15) is 28.1 Å². The van der Waals surface area contributed by atoms with Crippen molar-refractivity contribution in [2.24, 2.45) is 0 Å². The number of benzene rings is 1. The molecular weight excluding hydrogens is 301 g/mol. The van der Waals surface area contributed by atoms with Gasteiger partial charge >= 0.3 is 6.18 Å². The number of carbonyl (C=O) groups is 1. The molecule has 1 aliphatic carbocycles. The van der Waals surface area contributed by atoms with Crippen LogP contribution in [0.2, 0.25) is 5.02 Å². The average molecular weight is 309 g/mol. The summed E-state index contributed by atoms with van der Waals surface area (Å²) in [4.78, 5) is 21.7. The molecule has 9 heteroatoms. The van der Waals surface area contributed by atoms with Gasteiger partial charge in [-0.3, -0.25) is 14.9 Å². The zero-order valence-corrected chi connectivity index (χ0v) is 10.6. The zero-order valence-electron chi connectivity index (χ0n) is 9.83. The van der Waals surface area contributed by atoms with Gasteiger partial charge in [0.2, 0.25) is 0 Å². The summed E-state index contributed by atoms with van der Waals surface area (Å²) in [6.07, 6.45) is -4.99. The lowest BCUT2D eigenvalue weighted by atomic mass is 10.1. The molecule has 1 N–H and O–H groups in total. The van der Waals surface area contributed by atoms with Crippen LogP contribution in [-0.2, 0) is 0 Å². The maximum Gasteiger partial charge on any atom is 0.411 e. The molecule has 0 saturated heterocycles. The van der Waals surface area contributed by atoms with Crippen molar-refractivity contribution in [3.63, 3.8) is 0 Å². The van der Waals surface area contributed by atoms with Gasteiger partial charge in [-0.1, -0.05) is 17.7 Å².